The number of nitrogens with zero attached hydrogens (tertiary/aromatic N) is 3. The number of methoxy groups -OCH3 is 2. The molecule has 0 saturated carbocycles. The Morgan fingerprint density at radius 1 is 0.889 bits per heavy atom. The van der Waals surface area contributed by atoms with Crippen molar-refractivity contribution in [1.29, 1.82) is 0 Å². The number of hydrogen-bond acceptors (Lipinski definition) is 4. The minimum absolute atomic E-state index is 0.0918. The molecule has 0 bridgehead atoms. The van der Waals surface area contributed by atoms with Crippen molar-refractivity contribution in [2.24, 2.45) is 0 Å². The van der Waals surface area contributed by atoms with E-state index in [9.17, 15) is 9.18 Å². The number of fused-ring (bicyclic) bond motifs is 1. The average molecular weight is 488 g/mol. The summed E-state index contributed by atoms with van der Waals surface area (Å²) in [5.41, 5.74) is 3.73. The average Bonchev–Trinajstić information content (AvgIpc) is 3.25. The number of aromatic nitrogens is 1. The fourth-order valence-corrected chi connectivity index (χ4v) is 4.93. The summed E-state index contributed by atoms with van der Waals surface area (Å²) in [5.74, 6) is 1.35. The summed E-state index contributed by atoms with van der Waals surface area (Å²) in [7, 11) is 3.28. The summed E-state index contributed by atoms with van der Waals surface area (Å²) >= 11 is 0. The molecule has 1 aliphatic rings. The maximum atomic E-state index is 14.2. The van der Waals surface area contributed by atoms with Gasteiger partial charge in [0.05, 0.1) is 26.3 Å². The van der Waals surface area contributed by atoms with Gasteiger partial charge in [0.15, 0.2) is 0 Å². The molecule has 36 heavy (non-hydrogen) atoms. The van der Waals surface area contributed by atoms with E-state index in [4.69, 9.17) is 9.47 Å². The lowest BCUT2D eigenvalue weighted by atomic mass is 10.1. The third kappa shape index (κ3) is 4.87. The van der Waals surface area contributed by atoms with Crippen molar-refractivity contribution in [1.82, 2.24) is 9.47 Å². The zero-order chi connectivity index (χ0) is 25.1. The summed E-state index contributed by atoms with van der Waals surface area (Å²) in [6.45, 7) is 3.02. The molecule has 3 aromatic carbocycles. The van der Waals surface area contributed by atoms with Gasteiger partial charge in [-0.05, 0) is 41.5 Å². The van der Waals surface area contributed by atoms with Crippen LogP contribution in [0, 0.1) is 5.82 Å². The van der Waals surface area contributed by atoms with Gasteiger partial charge >= 0.3 is 0 Å². The van der Waals surface area contributed by atoms with Crippen LogP contribution in [-0.4, -0.2) is 55.8 Å². The molecule has 6 nitrogen and oxygen atoms in total. The van der Waals surface area contributed by atoms with Crippen molar-refractivity contribution >= 4 is 22.5 Å². The van der Waals surface area contributed by atoms with Gasteiger partial charge in [0.2, 0.25) is 5.91 Å². The summed E-state index contributed by atoms with van der Waals surface area (Å²) in [5, 5.41) is 1.07. The maximum absolute atomic E-state index is 14.2. The third-order valence-electron chi connectivity index (χ3n) is 6.80. The van der Waals surface area contributed by atoms with Gasteiger partial charge in [0.1, 0.15) is 17.3 Å². The van der Waals surface area contributed by atoms with Gasteiger partial charge in [0, 0.05) is 55.9 Å². The quantitative estimate of drug-likeness (QED) is 0.378. The van der Waals surface area contributed by atoms with Gasteiger partial charge in [-0.1, -0.05) is 30.3 Å². The summed E-state index contributed by atoms with van der Waals surface area (Å²) in [6, 6.07) is 20.8. The highest BCUT2D eigenvalue weighted by Gasteiger charge is 2.24. The topological polar surface area (TPSA) is 46.9 Å². The summed E-state index contributed by atoms with van der Waals surface area (Å²) in [6.07, 6.45) is 2.40. The molecule has 186 valence electrons. The third-order valence-corrected chi connectivity index (χ3v) is 6.80. The highest BCUT2D eigenvalue weighted by molar-refractivity contribution is 5.89. The Labute approximate surface area is 210 Å². The number of ether oxygens (including phenoxy) is 2. The highest BCUT2D eigenvalue weighted by atomic mass is 19.1. The number of carbonyl (C=O) groups is 1. The van der Waals surface area contributed by atoms with Gasteiger partial charge < -0.3 is 23.8 Å². The van der Waals surface area contributed by atoms with Gasteiger partial charge in [-0.2, -0.15) is 0 Å². The zero-order valence-corrected chi connectivity index (χ0v) is 20.6. The van der Waals surface area contributed by atoms with E-state index in [0.29, 0.717) is 44.8 Å². The minimum Gasteiger partial charge on any atom is -0.497 e. The number of benzene rings is 3. The molecule has 1 saturated heterocycles. The largest absolute Gasteiger partial charge is 0.497 e. The molecule has 0 radical (unpaired) electrons. The summed E-state index contributed by atoms with van der Waals surface area (Å²) in [4.78, 5) is 17.1. The number of carbonyl (C=O) groups excluding carboxylic acids is 1. The monoisotopic (exact) mass is 487 g/mol. The highest BCUT2D eigenvalue weighted by Crippen LogP contribution is 2.27. The fourth-order valence-electron chi connectivity index (χ4n) is 4.93. The minimum atomic E-state index is -0.223. The second kappa shape index (κ2) is 10.3. The van der Waals surface area contributed by atoms with Crippen LogP contribution in [0.3, 0.4) is 0 Å². The molecule has 1 aliphatic heterocycles. The summed E-state index contributed by atoms with van der Waals surface area (Å²) < 4.78 is 27.2. The van der Waals surface area contributed by atoms with Crippen LogP contribution in [0.1, 0.15) is 11.1 Å². The van der Waals surface area contributed by atoms with E-state index in [1.165, 1.54) is 6.07 Å². The molecule has 0 aliphatic carbocycles. The van der Waals surface area contributed by atoms with Crippen LogP contribution in [0.4, 0.5) is 10.1 Å². The predicted octanol–water partition coefficient (Wildman–Crippen LogP) is 4.74. The molecule has 2 heterocycles. The number of hydrogen-bond donors (Lipinski definition) is 0. The zero-order valence-electron chi connectivity index (χ0n) is 20.6. The fraction of sp³-hybridized carbons (Fsp3) is 0.276. The van der Waals surface area contributed by atoms with Crippen molar-refractivity contribution in [2.45, 2.75) is 13.0 Å². The van der Waals surface area contributed by atoms with E-state index in [-0.39, 0.29) is 11.7 Å². The first-order valence-corrected chi connectivity index (χ1v) is 12.1. The number of halogens is 1. The van der Waals surface area contributed by atoms with Crippen LogP contribution >= 0.6 is 0 Å². The Kier molecular flexibility index (Phi) is 6.80. The van der Waals surface area contributed by atoms with E-state index in [1.54, 1.807) is 26.4 Å². The maximum Gasteiger partial charge on any atom is 0.227 e. The Bertz CT molecular complexity index is 1350. The molecule has 1 amide bonds. The van der Waals surface area contributed by atoms with Gasteiger partial charge in [0.25, 0.3) is 0 Å². The van der Waals surface area contributed by atoms with Crippen molar-refractivity contribution < 1.29 is 18.7 Å². The van der Waals surface area contributed by atoms with Crippen LogP contribution in [0.15, 0.2) is 72.9 Å². The predicted molar refractivity (Wildman–Crippen MR) is 139 cm³/mol. The van der Waals surface area contributed by atoms with Crippen molar-refractivity contribution in [3.8, 4) is 11.5 Å². The van der Waals surface area contributed by atoms with E-state index in [2.05, 4.69) is 22.9 Å². The molecule has 4 aromatic rings. The molecular formula is C29H30FN3O3. The number of anilines is 1. The van der Waals surface area contributed by atoms with E-state index in [0.717, 1.165) is 33.5 Å². The van der Waals surface area contributed by atoms with E-state index in [1.807, 2.05) is 46.2 Å². The Morgan fingerprint density at radius 2 is 1.56 bits per heavy atom. The standard InChI is InChI=1S/C29H30FN3O3/c1-35-23-15-21(16-24(18-23)36-2)19-33-20-22(25-7-3-5-9-27(25)33)17-29(34)32-13-11-31(12-14-32)28-10-6-4-8-26(28)30/h3-10,15-16,18,20H,11-14,17,19H2,1-2H3. The Hall–Kier alpha value is -4.00. The molecule has 7 heteroatoms. The van der Waals surface area contributed by atoms with E-state index < -0.39 is 0 Å². The van der Waals surface area contributed by atoms with Gasteiger partial charge in [-0.25, -0.2) is 4.39 Å². The molecule has 5 rings (SSSR count). The Morgan fingerprint density at radius 3 is 2.25 bits per heavy atom. The van der Waals surface area contributed by atoms with Crippen molar-refractivity contribution in [2.75, 3.05) is 45.3 Å². The normalized spacial score (nSPS) is 13.8. The smallest absolute Gasteiger partial charge is 0.227 e. The van der Waals surface area contributed by atoms with Crippen LogP contribution in [0.25, 0.3) is 10.9 Å². The molecule has 0 N–H and O–H groups in total. The molecule has 0 unspecified atom stereocenters. The second-order valence-electron chi connectivity index (χ2n) is 9.02. The lowest BCUT2D eigenvalue weighted by Crippen LogP contribution is -2.49. The van der Waals surface area contributed by atoms with Crippen LogP contribution in [-0.2, 0) is 17.8 Å². The molecule has 0 spiro atoms. The molecule has 1 aromatic heterocycles. The Balaban J connectivity index is 1.32. The molecule has 1 fully saturated rings. The van der Waals surface area contributed by atoms with Crippen LogP contribution in [0.5, 0.6) is 11.5 Å². The second-order valence-corrected chi connectivity index (χ2v) is 9.02. The number of rotatable bonds is 7. The first kappa shape index (κ1) is 23.7. The first-order valence-electron chi connectivity index (χ1n) is 12.1. The van der Waals surface area contributed by atoms with E-state index >= 15 is 0 Å². The first-order chi connectivity index (χ1) is 17.6. The van der Waals surface area contributed by atoms with Crippen molar-refractivity contribution in [3.63, 3.8) is 0 Å². The van der Waals surface area contributed by atoms with Crippen LogP contribution < -0.4 is 14.4 Å². The lowest BCUT2D eigenvalue weighted by Gasteiger charge is -2.36. The van der Waals surface area contributed by atoms with Gasteiger partial charge in [-0.3, -0.25) is 4.79 Å². The van der Waals surface area contributed by atoms with Crippen LogP contribution in [0.2, 0.25) is 0 Å². The lowest BCUT2D eigenvalue weighted by molar-refractivity contribution is -0.130. The number of piperazine rings is 1. The van der Waals surface area contributed by atoms with Crippen molar-refractivity contribution in [3.05, 3.63) is 89.9 Å². The molecule has 0 atom stereocenters. The molecular weight excluding hydrogens is 457 g/mol. The van der Waals surface area contributed by atoms with Gasteiger partial charge in [-0.15, -0.1) is 0 Å². The SMILES string of the molecule is COc1cc(Cn2cc(CC(=O)N3CCN(c4ccccc4F)CC3)c3ccccc32)cc(OC)c1. The number of para-hydroxylation sites is 2. The number of amides is 1.